The van der Waals surface area contributed by atoms with Gasteiger partial charge < -0.3 is 19.3 Å². The van der Waals surface area contributed by atoms with Gasteiger partial charge in [-0.1, -0.05) is 18.2 Å². The molecule has 1 radical (unpaired) electrons. The molecule has 2 aromatic rings. The van der Waals surface area contributed by atoms with Crippen molar-refractivity contribution in [2.75, 3.05) is 49.3 Å². The van der Waals surface area contributed by atoms with Gasteiger partial charge in [0.1, 0.15) is 12.4 Å². The molecule has 0 N–H and O–H groups in total. The minimum Gasteiger partial charge on any atom is -0.490 e. The number of ether oxygens (including phenoxy) is 2. The van der Waals surface area contributed by atoms with Crippen molar-refractivity contribution in [2.24, 2.45) is 0 Å². The SMILES string of the molecule is [c]1ccc(N2CCOCC2)cc1N1CCOc2ccccc21. The van der Waals surface area contributed by atoms with Gasteiger partial charge in [0.05, 0.1) is 31.1 Å². The molecule has 113 valence electrons. The predicted molar refractivity (Wildman–Crippen MR) is 87.3 cm³/mol. The Kier molecular flexibility index (Phi) is 3.60. The van der Waals surface area contributed by atoms with Crippen molar-refractivity contribution in [1.29, 1.82) is 0 Å². The van der Waals surface area contributed by atoms with Crippen LogP contribution < -0.4 is 14.5 Å². The van der Waals surface area contributed by atoms with Crippen LogP contribution in [0, 0.1) is 6.07 Å². The fourth-order valence-corrected chi connectivity index (χ4v) is 3.04. The van der Waals surface area contributed by atoms with Crippen molar-refractivity contribution >= 4 is 17.1 Å². The quantitative estimate of drug-likeness (QED) is 0.850. The van der Waals surface area contributed by atoms with E-state index in [-0.39, 0.29) is 0 Å². The number of morpholine rings is 1. The standard InChI is InChI=1S/C18H19N2O2/c1-2-7-18-17(6-1)20(10-13-22-18)16-5-3-4-15(14-16)19-8-11-21-12-9-19/h1-4,6-7,14H,8-13H2. The molecule has 2 heterocycles. The number of hydrogen-bond acceptors (Lipinski definition) is 4. The molecule has 1 saturated heterocycles. The van der Waals surface area contributed by atoms with Gasteiger partial charge in [0, 0.05) is 24.8 Å². The fraction of sp³-hybridized carbons (Fsp3) is 0.333. The van der Waals surface area contributed by atoms with E-state index < -0.39 is 0 Å². The van der Waals surface area contributed by atoms with Crippen LogP contribution in [0.2, 0.25) is 0 Å². The van der Waals surface area contributed by atoms with E-state index in [4.69, 9.17) is 9.47 Å². The average molecular weight is 295 g/mol. The molecular formula is C18H19N2O2. The molecule has 0 amide bonds. The minimum atomic E-state index is 0.701. The predicted octanol–water partition coefficient (Wildman–Crippen LogP) is 2.85. The van der Waals surface area contributed by atoms with Crippen molar-refractivity contribution in [2.45, 2.75) is 0 Å². The van der Waals surface area contributed by atoms with Gasteiger partial charge in [0.25, 0.3) is 0 Å². The van der Waals surface area contributed by atoms with Gasteiger partial charge in [-0.2, -0.15) is 0 Å². The molecule has 4 rings (SSSR count). The zero-order chi connectivity index (χ0) is 14.8. The molecule has 0 atom stereocenters. The summed E-state index contributed by atoms with van der Waals surface area (Å²) in [5.74, 6) is 0.943. The molecule has 0 spiro atoms. The van der Waals surface area contributed by atoms with Crippen molar-refractivity contribution < 1.29 is 9.47 Å². The largest absolute Gasteiger partial charge is 0.490 e. The Morgan fingerprint density at radius 3 is 2.73 bits per heavy atom. The summed E-state index contributed by atoms with van der Waals surface area (Å²) in [7, 11) is 0. The molecule has 2 aliphatic rings. The summed E-state index contributed by atoms with van der Waals surface area (Å²) in [5.41, 5.74) is 3.45. The third kappa shape index (κ3) is 2.50. The van der Waals surface area contributed by atoms with Crippen LogP contribution >= 0.6 is 0 Å². The Hall–Kier alpha value is -2.20. The second-order valence-corrected chi connectivity index (χ2v) is 5.50. The van der Waals surface area contributed by atoms with E-state index in [1.165, 1.54) is 5.69 Å². The first-order chi connectivity index (χ1) is 10.9. The van der Waals surface area contributed by atoms with E-state index in [9.17, 15) is 0 Å². The minimum absolute atomic E-state index is 0.701. The molecule has 0 aliphatic carbocycles. The summed E-state index contributed by atoms with van der Waals surface area (Å²) < 4.78 is 11.2. The normalized spacial score (nSPS) is 17.8. The van der Waals surface area contributed by atoms with E-state index >= 15 is 0 Å². The van der Waals surface area contributed by atoms with Crippen LogP contribution in [-0.2, 0) is 4.74 Å². The van der Waals surface area contributed by atoms with Crippen molar-refractivity contribution in [1.82, 2.24) is 0 Å². The maximum atomic E-state index is 5.74. The number of para-hydroxylation sites is 2. The van der Waals surface area contributed by atoms with Crippen LogP contribution in [-0.4, -0.2) is 39.5 Å². The number of rotatable bonds is 2. The zero-order valence-corrected chi connectivity index (χ0v) is 12.5. The van der Waals surface area contributed by atoms with Gasteiger partial charge in [0.15, 0.2) is 0 Å². The summed E-state index contributed by atoms with van der Waals surface area (Å²) in [4.78, 5) is 4.65. The van der Waals surface area contributed by atoms with Crippen molar-refractivity contribution in [3.05, 3.63) is 48.5 Å². The molecular weight excluding hydrogens is 276 g/mol. The van der Waals surface area contributed by atoms with E-state index in [0.29, 0.717) is 6.61 Å². The van der Waals surface area contributed by atoms with Gasteiger partial charge in [-0.3, -0.25) is 0 Å². The highest BCUT2D eigenvalue weighted by Gasteiger charge is 2.20. The summed E-state index contributed by atoms with van der Waals surface area (Å²) in [5, 5.41) is 0. The molecule has 22 heavy (non-hydrogen) atoms. The Balaban J connectivity index is 1.66. The molecule has 0 unspecified atom stereocenters. The highest BCUT2D eigenvalue weighted by molar-refractivity contribution is 5.72. The van der Waals surface area contributed by atoms with Crippen LogP contribution in [0.25, 0.3) is 0 Å². The number of benzene rings is 2. The second-order valence-electron chi connectivity index (χ2n) is 5.50. The van der Waals surface area contributed by atoms with E-state index in [1.807, 2.05) is 24.3 Å². The second kappa shape index (κ2) is 5.89. The maximum Gasteiger partial charge on any atom is 0.143 e. The lowest BCUT2D eigenvalue weighted by molar-refractivity contribution is 0.122. The van der Waals surface area contributed by atoms with Crippen LogP contribution in [0.1, 0.15) is 0 Å². The maximum absolute atomic E-state index is 5.74. The van der Waals surface area contributed by atoms with Gasteiger partial charge >= 0.3 is 0 Å². The van der Waals surface area contributed by atoms with Gasteiger partial charge in [-0.15, -0.1) is 0 Å². The number of nitrogens with zero attached hydrogens (tertiary/aromatic N) is 2. The van der Waals surface area contributed by atoms with Crippen molar-refractivity contribution in [3.8, 4) is 5.75 Å². The summed E-state index contributed by atoms with van der Waals surface area (Å²) in [6.45, 7) is 5.04. The summed E-state index contributed by atoms with van der Waals surface area (Å²) >= 11 is 0. The Bertz CT molecular complexity index is 653. The molecule has 4 nitrogen and oxygen atoms in total. The number of fused-ring (bicyclic) bond motifs is 1. The molecule has 1 fully saturated rings. The molecule has 0 aromatic heterocycles. The Labute approximate surface area is 130 Å². The first-order valence-electron chi connectivity index (χ1n) is 7.76. The lowest BCUT2D eigenvalue weighted by Crippen LogP contribution is -2.36. The van der Waals surface area contributed by atoms with Crippen LogP contribution in [0.5, 0.6) is 5.75 Å². The lowest BCUT2D eigenvalue weighted by Gasteiger charge is -2.33. The molecule has 2 aromatic carbocycles. The van der Waals surface area contributed by atoms with Crippen LogP contribution in [0.3, 0.4) is 0 Å². The zero-order valence-electron chi connectivity index (χ0n) is 12.5. The monoisotopic (exact) mass is 295 g/mol. The van der Waals surface area contributed by atoms with Crippen molar-refractivity contribution in [3.63, 3.8) is 0 Å². The van der Waals surface area contributed by atoms with Gasteiger partial charge in [0.2, 0.25) is 0 Å². The highest BCUT2D eigenvalue weighted by Crippen LogP contribution is 2.37. The average Bonchev–Trinajstić information content (AvgIpc) is 2.62. The van der Waals surface area contributed by atoms with Gasteiger partial charge in [-0.05, 0) is 24.3 Å². The Morgan fingerprint density at radius 1 is 0.955 bits per heavy atom. The highest BCUT2D eigenvalue weighted by atomic mass is 16.5. The lowest BCUT2D eigenvalue weighted by atomic mass is 10.1. The smallest absolute Gasteiger partial charge is 0.143 e. The first kappa shape index (κ1) is 13.5. The van der Waals surface area contributed by atoms with E-state index in [1.54, 1.807) is 0 Å². The van der Waals surface area contributed by atoms with E-state index in [2.05, 4.69) is 34.1 Å². The van der Waals surface area contributed by atoms with Crippen LogP contribution in [0.4, 0.5) is 17.1 Å². The molecule has 2 aliphatic heterocycles. The van der Waals surface area contributed by atoms with E-state index in [0.717, 1.165) is 50.0 Å². The number of hydrogen-bond donors (Lipinski definition) is 0. The third-order valence-corrected chi connectivity index (χ3v) is 4.17. The topological polar surface area (TPSA) is 24.9 Å². The summed E-state index contributed by atoms with van der Waals surface area (Å²) in [6, 6.07) is 17.9. The summed E-state index contributed by atoms with van der Waals surface area (Å²) in [6.07, 6.45) is 0. The third-order valence-electron chi connectivity index (χ3n) is 4.17. The van der Waals surface area contributed by atoms with Gasteiger partial charge in [-0.25, -0.2) is 0 Å². The molecule has 4 heteroatoms. The van der Waals surface area contributed by atoms with Crippen LogP contribution in [0.15, 0.2) is 42.5 Å². The fourth-order valence-electron chi connectivity index (χ4n) is 3.04. The Morgan fingerprint density at radius 2 is 1.82 bits per heavy atom. The molecule has 0 bridgehead atoms. The molecule has 0 saturated carbocycles. The first-order valence-corrected chi connectivity index (χ1v) is 7.76. The number of anilines is 3.